The van der Waals surface area contributed by atoms with Crippen LogP contribution in [0.3, 0.4) is 0 Å². The van der Waals surface area contributed by atoms with E-state index in [1.54, 1.807) is 6.07 Å². The molecule has 6 heteroatoms. The van der Waals surface area contributed by atoms with Gasteiger partial charge in [0.05, 0.1) is 12.3 Å². The molecule has 0 aliphatic carbocycles. The Balaban J connectivity index is 1.72. The van der Waals surface area contributed by atoms with E-state index >= 15 is 0 Å². The lowest BCUT2D eigenvalue weighted by Gasteiger charge is -2.12. The Hall–Kier alpha value is -3.41. The van der Waals surface area contributed by atoms with Gasteiger partial charge in [-0.2, -0.15) is 5.10 Å². The molecule has 0 aliphatic heterocycles. The van der Waals surface area contributed by atoms with Gasteiger partial charge in [0.1, 0.15) is 13.2 Å². The predicted molar refractivity (Wildman–Crippen MR) is 99.3 cm³/mol. The summed E-state index contributed by atoms with van der Waals surface area (Å²) in [4.78, 5) is 10.3. The van der Waals surface area contributed by atoms with Crippen LogP contribution in [0.1, 0.15) is 16.8 Å². The first-order chi connectivity index (χ1) is 13.3. The molecule has 0 N–H and O–H groups in total. The van der Waals surface area contributed by atoms with E-state index in [1.807, 2.05) is 60.7 Å². The fraction of sp³-hybridized carbons (Fsp3) is 0.190. The van der Waals surface area contributed by atoms with Gasteiger partial charge in [-0.15, -0.1) is 5.10 Å². The molecule has 0 fully saturated rings. The van der Waals surface area contributed by atoms with Crippen molar-refractivity contribution >= 4 is 6.47 Å². The average molecular weight is 364 g/mol. The van der Waals surface area contributed by atoms with E-state index in [1.165, 1.54) is 0 Å². The zero-order chi connectivity index (χ0) is 18.7. The van der Waals surface area contributed by atoms with Gasteiger partial charge in [-0.3, -0.25) is 4.79 Å². The number of ether oxygens (including phenoxy) is 3. The van der Waals surface area contributed by atoms with E-state index in [9.17, 15) is 4.79 Å². The normalized spacial score (nSPS) is 10.2. The lowest BCUT2D eigenvalue weighted by molar-refractivity contribution is -0.128. The highest BCUT2D eigenvalue weighted by atomic mass is 16.5. The van der Waals surface area contributed by atoms with Gasteiger partial charge in [-0.25, -0.2) is 0 Å². The quantitative estimate of drug-likeness (QED) is 0.406. The van der Waals surface area contributed by atoms with Crippen molar-refractivity contribution in [1.82, 2.24) is 10.2 Å². The SMILES string of the molecule is O=COCCc1cc(OCc2ccccc2)c(OCc2ccccc2)nn1. The molecule has 0 spiro atoms. The minimum atomic E-state index is 0.237. The number of benzene rings is 2. The van der Waals surface area contributed by atoms with Gasteiger partial charge in [-0.05, 0) is 11.1 Å². The van der Waals surface area contributed by atoms with Gasteiger partial charge in [0.25, 0.3) is 12.4 Å². The number of nitrogens with zero attached hydrogens (tertiary/aromatic N) is 2. The molecule has 27 heavy (non-hydrogen) atoms. The molecule has 138 valence electrons. The molecule has 3 aromatic rings. The molecule has 0 bridgehead atoms. The Labute approximate surface area is 157 Å². The van der Waals surface area contributed by atoms with Gasteiger partial charge in [0.15, 0.2) is 5.75 Å². The summed E-state index contributed by atoms with van der Waals surface area (Å²) in [5.41, 5.74) is 2.72. The fourth-order valence-electron chi connectivity index (χ4n) is 2.40. The molecule has 0 saturated heterocycles. The summed E-state index contributed by atoms with van der Waals surface area (Å²) in [6, 6.07) is 21.4. The highest BCUT2D eigenvalue weighted by molar-refractivity contribution is 5.37. The number of aromatic nitrogens is 2. The molecule has 6 nitrogen and oxygen atoms in total. The lowest BCUT2D eigenvalue weighted by atomic mass is 10.2. The summed E-state index contributed by atoms with van der Waals surface area (Å²) in [5.74, 6) is 0.834. The highest BCUT2D eigenvalue weighted by Crippen LogP contribution is 2.26. The summed E-state index contributed by atoms with van der Waals surface area (Å²) >= 11 is 0. The first-order valence-electron chi connectivity index (χ1n) is 8.60. The fourth-order valence-corrected chi connectivity index (χ4v) is 2.40. The largest absolute Gasteiger partial charge is 0.483 e. The Bertz CT molecular complexity index is 841. The number of carbonyl (C=O) groups excluding carboxylic acids is 1. The smallest absolute Gasteiger partial charge is 0.293 e. The maximum absolute atomic E-state index is 10.3. The van der Waals surface area contributed by atoms with Crippen molar-refractivity contribution in [3.63, 3.8) is 0 Å². The van der Waals surface area contributed by atoms with Crippen molar-refractivity contribution in [2.24, 2.45) is 0 Å². The topological polar surface area (TPSA) is 70.5 Å². The summed E-state index contributed by atoms with van der Waals surface area (Å²) in [5, 5.41) is 8.27. The van der Waals surface area contributed by atoms with E-state index in [-0.39, 0.29) is 6.61 Å². The molecule has 1 heterocycles. The van der Waals surface area contributed by atoms with Crippen LogP contribution >= 0.6 is 0 Å². The van der Waals surface area contributed by atoms with Crippen molar-refractivity contribution in [3.05, 3.63) is 83.6 Å². The Kier molecular flexibility index (Phi) is 6.75. The summed E-state index contributed by atoms with van der Waals surface area (Å²) in [7, 11) is 0. The second-order valence-corrected chi connectivity index (χ2v) is 5.77. The molecule has 0 aliphatic rings. The van der Waals surface area contributed by atoms with E-state index in [2.05, 4.69) is 10.2 Å². The van der Waals surface area contributed by atoms with E-state index in [0.29, 0.717) is 43.4 Å². The average Bonchev–Trinajstić information content (AvgIpc) is 2.73. The molecule has 1 aromatic heterocycles. The van der Waals surface area contributed by atoms with Crippen LogP contribution in [0, 0.1) is 0 Å². The van der Waals surface area contributed by atoms with Gasteiger partial charge in [0, 0.05) is 12.5 Å². The maximum atomic E-state index is 10.3. The predicted octanol–water partition coefficient (Wildman–Crippen LogP) is 3.35. The standard InChI is InChI=1S/C21H20N2O4/c24-16-25-12-11-19-13-20(26-14-17-7-3-1-4-8-17)21(23-22-19)27-15-18-9-5-2-6-10-18/h1-10,13,16H,11-12,14-15H2. The third-order valence-corrected chi connectivity index (χ3v) is 3.78. The Morgan fingerprint density at radius 1 is 0.815 bits per heavy atom. The summed E-state index contributed by atoms with van der Waals surface area (Å²) in [6.45, 7) is 1.40. The van der Waals surface area contributed by atoms with Crippen LogP contribution in [0.4, 0.5) is 0 Å². The first kappa shape index (κ1) is 18.4. The molecular formula is C21H20N2O4. The van der Waals surface area contributed by atoms with Crippen LogP contribution < -0.4 is 9.47 Å². The molecule has 0 saturated carbocycles. The van der Waals surface area contributed by atoms with Crippen molar-refractivity contribution < 1.29 is 19.0 Å². The second kappa shape index (κ2) is 9.91. The zero-order valence-corrected chi connectivity index (χ0v) is 14.8. The molecule has 3 rings (SSSR count). The number of hydrogen-bond acceptors (Lipinski definition) is 6. The van der Waals surface area contributed by atoms with Crippen LogP contribution in [0.5, 0.6) is 11.6 Å². The Morgan fingerprint density at radius 2 is 1.44 bits per heavy atom. The minimum absolute atomic E-state index is 0.237. The van der Waals surface area contributed by atoms with Crippen LogP contribution in [0.2, 0.25) is 0 Å². The van der Waals surface area contributed by atoms with E-state index in [0.717, 1.165) is 11.1 Å². The van der Waals surface area contributed by atoms with Crippen LogP contribution in [-0.2, 0) is 29.2 Å². The molecule has 0 atom stereocenters. The van der Waals surface area contributed by atoms with Gasteiger partial charge in [0.2, 0.25) is 0 Å². The van der Waals surface area contributed by atoms with Crippen molar-refractivity contribution in [2.75, 3.05) is 6.61 Å². The van der Waals surface area contributed by atoms with Crippen LogP contribution in [0.25, 0.3) is 0 Å². The molecule has 0 unspecified atom stereocenters. The molecular weight excluding hydrogens is 344 g/mol. The summed E-state index contributed by atoms with van der Waals surface area (Å²) < 4.78 is 16.4. The first-order valence-corrected chi connectivity index (χ1v) is 8.60. The number of hydrogen-bond donors (Lipinski definition) is 0. The summed E-state index contributed by atoms with van der Waals surface area (Å²) in [6.07, 6.45) is 0.451. The van der Waals surface area contributed by atoms with E-state index in [4.69, 9.17) is 14.2 Å². The van der Waals surface area contributed by atoms with Crippen molar-refractivity contribution in [3.8, 4) is 11.6 Å². The Morgan fingerprint density at radius 3 is 2.07 bits per heavy atom. The van der Waals surface area contributed by atoms with Crippen molar-refractivity contribution in [1.29, 1.82) is 0 Å². The third kappa shape index (κ3) is 5.81. The molecule has 0 amide bonds. The zero-order valence-electron chi connectivity index (χ0n) is 14.8. The van der Waals surface area contributed by atoms with Crippen molar-refractivity contribution in [2.45, 2.75) is 19.6 Å². The number of carbonyl (C=O) groups is 1. The van der Waals surface area contributed by atoms with Crippen LogP contribution in [-0.4, -0.2) is 23.3 Å². The second-order valence-electron chi connectivity index (χ2n) is 5.77. The van der Waals surface area contributed by atoms with Gasteiger partial charge < -0.3 is 14.2 Å². The monoisotopic (exact) mass is 364 g/mol. The third-order valence-electron chi connectivity index (χ3n) is 3.78. The minimum Gasteiger partial charge on any atom is -0.483 e. The van der Waals surface area contributed by atoms with E-state index < -0.39 is 0 Å². The van der Waals surface area contributed by atoms with Gasteiger partial charge >= 0.3 is 0 Å². The highest BCUT2D eigenvalue weighted by Gasteiger charge is 2.11. The van der Waals surface area contributed by atoms with Crippen LogP contribution in [0.15, 0.2) is 66.7 Å². The lowest BCUT2D eigenvalue weighted by Crippen LogP contribution is -2.06. The maximum Gasteiger partial charge on any atom is 0.293 e. The molecule has 2 aromatic carbocycles. The number of rotatable bonds is 10. The van der Waals surface area contributed by atoms with Gasteiger partial charge in [-0.1, -0.05) is 60.7 Å². The molecule has 0 radical (unpaired) electrons.